The Balaban J connectivity index is 0.00000180. The molecule has 0 bridgehead atoms. The first-order valence-corrected chi connectivity index (χ1v) is 6.42. The average Bonchev–Trinajstić information content (AvgIpc) is 2.69. The van der Waals surface area contributed by atoms with Crippen molar-refractivity contribution in [3.05, 3.63) is 23.3 Å². The van der Waals surface area contributed by atoms with Crippen molar-refractivity contribution in [2.75, 3.05) is 11.9 Å². The van der Waals surface area contributed by atoms with E-state index in [0.717, 1.165) is 30.6 Å². The molecule has 0 atom stereocenters. The van der Waals surface area contributed by atoms with Crippen LogP contribution in [0.3, 0.4) is 0 Å². The highest BCUT2D eigenvalue weighted by Crippen LogP contribution is 2.34. The van der Waals surface area contributed by atoms with Crippen molar-refractivity contribution in [2.45, 2.75) is 33.2 Å². The Bertz CT molecular complexity index is 461. The van der Waals surface area contributed by atoms with Crippen molar-refractivity contribution < 1.29 is 9.90 Å². The zero-order valence-corrected chi connectivity index (χ0v) is 13.0. The molecule has 106 valence electrons. The van der Waals surface area contributed by atoms with E-state index in [1.165, 1.54) is 0 Å². The lowest BCUT2D eigenvalue weighted by atomic mass is 10.0. The summed E-state index contributed by atoms with van der Waals surface area (Å²) in [6.45, 7) is 6.10. The van der Waals surface area contributed by atoms with E-state index < -0.39 is 0 Å². The number of hydrogen-bond donors (Lipinski definition) is 3. The Morgan fingerprint density at radius 3 is 2.84 bits per heavy atom. The van der Waals surface area contributed by atoms with E-state index in [0.29, 0.717) is 18.0 Å². The predicted molar refractivity (Wildman–Crippen MR) is 81.9 cm³/mol. The fourth-order valence-corrected chi connectivity index (χ4v) is 2.14. The van der Waals surface area contributed by atoms with Crippen molar-refractivity contribution >= 4 is 28.6 Å². The summed E-state index contributed by atoms with van der Waals surface area (Å²) in [7, 11) is 0. The number of carbonyl (C=O) groups excluding carboxylic acids is 1. The van der Waals surface area contributed by atoms with Gasteiger partial charge >= 0.3 is 0 Å². The van der Waals surface area contributed by atoms with Crippen LogP contribution in [0.4, 0.5) is 5.69 Å². The first kappa shape index (κ1) is 16.0. The van der Waals surface area contributed by atoms with Gasteiger partial charge in [-0.05, 0) is 36.1 Å². The number of hydrogen-bond acceptors (Lipinski definition) is 3. The maximum absolute atomic E-state index is 11.4. The van der Waals surface area contributed by atoms with E-state index >= 15 is 0 Å². The standard InChI is InChI=1S/C14H20N2O2.BrH/c1-9(2)5-6-15-8-10-3-4-12(17)14-11(10)7-13(18)16-14;/h3-4,9,15,17H,5-8H2,1-2H3,(H,16,18);1H. The highest BCUT2D eigenvalue weighted by Gasteiger charge is 2.23. The quantitative estimate of drug-likeness (QED) is 0.575. The maximum Gasteiger partial charge on any atom is 0.228 e. The topological polar surface area (TPSA) is 61.4 Å². The Morgan fingerprint density at radius 1 is 1.42 bits per heavy atom. The van der Waals surface area contributed by atoms with Crippen molar-refractivity contribution in [1.29, 1.82) is 0 Å². The molecule has 3 N–H and O–H groups in total. The molecule has 0 fully saturated rings. The van der Waals surface area contributed by atoms with Gasteiger partial charge in [0, 0.05) is 6.54 Å². The van der Waals surface area contributed by atoms with Gasteiger partial charge in [-0.15, -0.1) is 17.0 Å². The van der Waals surface area contributed by atoms with Crippen LogP contribution in [0.25, 0.3) is 0 Å². The SMILES string of the molecule is Br.CC(C)CCNCc1ccc(O)c2c1CC(=O)N2. The largest absolute Gasteiger partial charge is 0.506 e. The molecule has 0 saturated heterocycles. The normalized spacial score (nSPS) is 13.1. The molecule has 1 heterocycles. The van der Waals surface area contributed by atoms with E-state index in [1.807, 2.05) is 6.07 Å². The Kier molecular flexibility index (Phi) is 5.82. The zero-order valence-electron chi connectivity index (χ0n) is 11.3. The molecule has 0 unspecified atom stereocenters. The lowest BCUT2D eigenvalue weighted by Crippen LogP contribution is -2.17. The van der Waals surface area contributed by atoms with Crippen molar-refractivity contribution in [2.24, 2.45) is 5.92 Å². The number of halogens is 1. The van der Waals surface area contributed by atoms with Gasteiger partial charge in [0.1, 0.15) is 5.75 Å². The molecule has 4 nitrogen and oxygen atoms in total. The van der Waals surface area contributed by atoms with Crippen LogP contribution in [0.1, 0.15) is 31.4 Å². The first-order valence-electron chi connectivity index (χ1n) is 6.42. The third-order valence-corrected chi connectivity index (χ3v) is 3.20. The summed E-state index contributed by atoms with van der Waals surface area (Å²) in [5, 5.41) is 15.8. The molecule has 1 aromatic rings. The fraction of sp³-hybridized carbons (Fsp3) is 0.500. The molecule has 0 radical (unpaired) electrons. The number of benzene rings is 1. The smallest absolute Gasteiger partial charge is 0.228 e. The van der Waals surface area contributed by atoms with Gasteiger partial charge in [0.15, 0.2) is 0 Å². The fourth-order valence-electron chi connectivity index (χ4n) is 2.14. The Labute approximate surface area is 124 Å². The monoisotopic (exact) mass is 328 g/mol. The molecule has 2 rings (SSSR count). The summed E-state index contributed by atoms with van der Waals surface area (Å²) < 4.78 is 0. The van der Waals surface area contributed by atoms with Gasteiger partial charge in [-0.1, -0.05) is 19.9 Å². The second kappa shape index (κ2) is 6.91. The third-order valence-electron chi connectivity index (χ3n) is 3.20. The molecule has 19 heavy (non-hydrogen) atoms. The van der Waals surface area contributed by atoms with Crippen LogP contribution in [0.2, 0.25) is 0 Å². The average molecular weight is 329 g/mol. The van der Waals surface area contributed by atoms with Gasteiger partial charge in [-0.25, -0.2) is 0 Å². The highest BCUT2D eigenvalue weighted by molar-refractivity contribution is 8.93. The minimum absolute atomic E-state index is 0. The molecule has 1 aromatic carbocycles. The maximum atomic E-state index is 11.4. The molecule has 0 saturated carbocycles. The molecule has 1 aliphatic rings. The highest BCUT2D eigenvalue weighted by atomic mass is 79.9. The van der Waals surface area contributed by atoms with E-state index in [4.69, 9.17) is 0 Å². The number of nitrogens with one attached hydrogen (secondary N) is 2. The summed E-state index contributed by atoms with van der Waals surface area (Å²) in [5.41, 5.74) is 2.60. The Morgan fingerprint density at radius 2 is 2.16 bits per heavy atom. The number of rotatable bonds is 5. The molecule has 1 amide bonds. The van der Waals surface area contributed by atoms with Gasteiger partial charge in [-0.3, -0.25) is 4.79 Å². The number of phenols is 1. The lowest BCUT2D eigenvalue weighted by Gasteiger charge is -2.11. The molecule has 0 aromatic heterocycles. The van der Waals surface area contributed by atoms with Gasteiger partial charge < -0.3 is 15.7 Å². The van der Waals surface area contributed by atoms with Crippen molar-refractivity contribution in [1.82, 2.24) is 5.32 Å². The van der Waals surface area contributed by atoms with Crippen LogP contribution in [-0.4, -0.2) is 17.6 Å². The van der Waals surface area contributed by atoms with Gasteiger partial charge in [0.25, 0.3) is 0 Å². The number of amides is 1. The van der Waals surface area contributed by atoms with E-state index in [9.17, 15) is 9.90 Å². The molecule has 0 spiro atoms. The molecule has 1 aliphatic heterocycles. The number of fused-ring (bicyclic) bond motifs is 1. The predicted octanol–water partition coefficient (Wildman–Crippen LogP) is 2.60. The number of aromatic hydroxyl groups is 1. The van der Waals surface area contributed by atoms with Crippen LogP contribution < -0.4 is 10.6 Å². The van der Waals surface area contributed by atoms with Crippen LogP contribution in [0, 0.1) is 5.92 Å². The summed E-state index contributed by atoms with van der Waals surface area (Å²) in [4.78, 5) is 11.4. The summed E-state index contributed by atoms with van der Waals surface area (Å²) >= 11 is 0. The van der Waals surface area contributed by atoms with Crippen LogP contribution in [0.5, 0.6) is 5.75 Å². The lowest BCUT2D eigenvalue weighted by molar-refractivity contribution is -0.115. The minimum Gasteiger partial charge on any atom is -0.506 e. The van der Waals surface area contributed by atoms with Gasteiger partial charge in [0.05, 0.1) is 12.1 Å². The zero-order chi connectivity index (χ0) is 13.1. The minimum atomic E-state index is -0.0464. The van der Waals surface area contributed by atoms with Gasteiger partial charge in [-0.2, -0.15) is 0 Å². The summed E-state index contributed by atoms with van der Waals surface area (Å²) in [6, 6.07) is 3.53. The second-order valence-electron chi connectivity index (χ2n) is 5.18. The number of carbonyl (C=O) groups is 1. The van der Waals surface area contributed by atoms with Crippen molar-refractivity contribution in [3.63, 3.8) is 0 Å². The second-order valence-corrected chi connectivity index (χ2v) is 5.18. The van der Waals surface area contributed by atoms with Crippen LogP contribution in [-0.2, 0) is 17.8 Å². The molecule has 0 aliphatic carbocycles. The van der Waals surface area contributed by atoms with Gasteiger partial charge in [0.2, 0.25) is 5.91 Å². The van der Waals surface area contributed by atoms with Crippen LogP contribution in [0.15, 0.2) is 12.1 Å². The van der Waals surface area contributed by atoms with E-state index in [-0.39, 0.29) is 28.6 Å². The van der Waals surface area contributed by atoms with E-state index in [2.05, 4.69) is 24.5 Å². The molecule has 5 heteroatoms. The number of phenolic OH excluding ortho intramolecular Hbond substituents is 1. The summed E-state index contributed by atoms with van der Waals surface area (Å²) in [6.07, 6.45) is 1.50. The van der Waals surface area contributed by atoms with Crippen molar-refractivity contribution in [3.8, 4) is 5.75 Å². The third kappa shape index (κ3) is 3.94. The van der Waals surface area contributed by atoms with Crippen LogP contribution >= 0.6 is 17.0 Å². The molecular formula is C14H21BrN2O2. The Hall–Kier alpha value is -1.07. The first-order chi connectivity index (χ1) is 8.58. The summed E-state index contributed by atoms with van der Waals surface area (Å²) in [5.74, 6) is 0.794. The molecular weight excluding hydrogens is 308 g/mol. The van der Waals surface area contributed by atoms with E-state index in [1.54, 1.807) is 6.07 Å². The number of anilines is 1.